The van der Waals surface area contributed by atoms with Gasteiger partial charge in [0, 0.05) is 50.1 Å². The van der Waals surface area contributed by atoms with E-state index in [0.29, 0.717) is 0 Å². The Morgan fingerprint density at radius 2 is 1.38 bits per heavy atom. The van der Waals surface area contributed by atoms with Crippen molar-refractivity contribution >= 4 is 63.3 Å². The van der Waals surface area contributed by atoms with Crippen LogP contribution >= 0.6 is 22.7 Å². The molecule has 0 fully saturated rings. The first-order chi connectivity index (χ1) is 18.3. The third-order valence-corrected chi connectivity index (χ3v) is 9.46. The van der Waals surface area contributed by atoms with Crippen molar-refractivity contribution in [2.45, 2.75) is 0 Å². The number of rotatable bonds is 3. The van der Waals surface area contributed by atoms with E-state index in [-0.39, 0.29) is 0 Å². The van der Waals surface area contributed by atoms with Gasteiger partial charge >= 0.3 is 0 Å². The second kappa shape index (κ2) is 8.10. The van der Waals surface area contributed by atoms with Crippen LogP contribution in [0.25, 0.3) is 68.8 Å². The zero-order valence-electron chi connectivity index (χ0n) is 19.6. The molecule has 0 spiro atoms. The van der Waals surface area contributed by atoms with Gasteiger partial charge in [-0.2, -0.15) is 0 Å². The van der Waals surface area contributed by atoms with E-state index >= 15 is 0 Å². The monoisotopic (exact) mass is 509 g/mol. The molecule has 5 aromatic heterocycles. The fourth-order valence-corrected chi connectivity index (χ4v) is 8.04. The molecule has 0 saturated heterocycles. The Balaban J connectivity index is 1.36. The van der Waals surface area contributed by atoms with Crippen LogP contribution in [0.4, 0.5) is 0 Å². The Kier molecular flexibility index (Phi) is 4.56. The van der Waals surface area contributed by atoms with Gasteiger partial charge in [0.1, 0.15) is 4.83 Å². The minimum absolute atomic E-state index is 0.959. The topological polar surface area (TPSA) is 30.7 Å². The molecule has 0 aliphatic rings. The summed E-state index contributed by atoms with van der Waals surface area (Å²) in [7, 11) is 0. The van der Waals surface area contributed by atoms with Crippen molar-refractivity contribution in [2.75, 3.05) is 0 Å². The molecular weight excluding hydrogens is 491 g/mol. The van der Waals surface area contributed by atoms with Gasteiger partial charge in [-0.1, -0.05) is 48.5 Å². The quantitative estimate of drug-likeness (QED) is 0.237. The number of benzene rings is 3. The molecule has 0 aliphatic carbocycles. The van der Waals surface area contributed by atoms with Crippen LogP contribution in [0.1, 0.15) is 0 Å². The van der Waals surface area contributed by atoms with Gasteiger partial charge in [0.05, 0.1) is 26.3 Å². The number of pyridine rings is 2. The molecule has 174 valence electrons. The molecule has 0 amide bonds. The van der Waals surface area contributed by atoms with Crippen LogP contribution < -0.4 is 0 Å². The van der Waals surface area contributed by atoms with Crippen LogP contribution in [0.5, 0.6) is 0 Å². The maximum atomic E-state index is 4.99. The lowest BCUT2D eigenvalue weighted by Gasteiger charge is -2.06. The summed E-state index contributed by atoms with van der Waals surface area (Å²) in [6.07, 6.45) is 3.62. The smallest absolute Gasteiger partial charge is 0.110 e. The lowest BCUT2D eigenvalue weighted by atomic mass is 10.1. The minimum atomic E-state index is 0.959. The van der Waals surface area contributed by atoms with Crippen LogP contribution in [0.2, 0.25) is 0 Å². The number of fused-ring (bicyclic) bond motifs is 7. The SMILES string of the molecule is c1ccc(-n2c3ccccc3c3c4sc5ccc(-c6cccc(-c7ccncc7)n6)cc5c4sc32)cc1. The van der Waals surface area contributed by atoms with E-state index in [4.69, 9.17) is 4.98 Å². The summed E-state index contributed by atoms with van der Waals surface area (Å²) >= 11 is 3.79. The Morgan fingerprint density at radius 3 is 2.24 bits per heavy atom. The molecule has 0 bridgehead atoms. The summed E-state index contributed by atoms with van der Waals surface area (Å²) in [5.74, 6) is 0. The molecule has 3 nitrogen and oxygen atoms in total. The van der Waals surface area contributed by atoms with E-state index in [9.17, 15) is 0 Å². The summed E-state index contributed by atoms with van der Waals surface area (Å²) in [4.78, 5) is 10.4. The first-order valence-corrected chi connectivity index (χ1v) is 13.8. The average Bonchev–Trinajstić information content (AvgIpc) is 3.61. The van der Waals surface area contributed by atoms with Crippen LogP contribution in [-0.2, 0) is 0 Å². The number of thiophene rings is 2. The molecular formula is C32H19N3S2. The highest BCUT2D eigenvalue weighted by Gasteiger charge is 2.20. The lowest BCUT2D eigenvalue weighted by Crippen LogP contribution is -1.91. The Bertz CT molecular complexity index is 2080. The van der Waals surface area contributed by atoms with Gasteiger partial charge in [0.15, 0.2) is 0 Å². The molecule has 0 radical (unpaired) electrons. The number of hydrogen-bond donors (Lipinski definition) is 0. The molecule has 37 heavy (non-hydrogen) atoms. The van der Waals surface area contributed by atoms with Gasteiger partial charge in [-0.15, -0.1) is 22.7 Å². The maximum absolute atomic E-state index is 4.99. The predicted molar refractivity (Wildman–Crippen MR) is 158 cm³/mol. The highest BCUT2D eigenvalue weighted by atomic mass is 32.1. The van der Waals surface area contributed by atoms with Crippen LogP contribution in [-0.4, -0.2) is 14.5 Å². The van der Waals surface area contributed by atoms with Gasteiger partial charge in [0.2, 0.25) is 0 Å². The van der Waals surface area contributed by atoms with Crippen molar-refractivity contribution in [3.05, 3.63) is 116 Å². The molecule has 0 saturated carbocycles. The minimum Gasteiger partial charge on any atom is -0.301 e. The molecule has 0 aliphatic heterocycles. The van der Waals surface area contributed by atoms with Crippen LogP contribution in [0.15, 0.2) is 116 Å². The number of aromatic nitrogens is 3. The largest absolute Gasteiger partial charge is 0.301 e. The molecule has 5 heterocycles. The highest BCUT2D eigenvalue weighted by molar-refractivity contribution is 7.36. The Morgan fingerprint density at radius 1 is 0.595 bits per heavy atom. The fraction of sp³-hybridized carbons (Fsp3) is 0. The van der Waals surface area contributed by atoms with Crippen molar-refractivity contribution in [1.82, 2.24) is 14.5 Å². The molecule has 8 rings (SSSR count). The molecule has 5 heteroatoms. The first-order valence-electron chi connectivity index (χ1n) is 12.2. The van der Waals surface area contributed by atoms with Gasteiger partial charge in [-0.25, -0.2) is 4.98 Å². The number of nitrogens with zero attached hydrogens (tertiary/aromatic N) is 3. The normalized spacial score (nSPS) is 11.8. The first kappa shape index (κ1) is 20.8. The average molecular weight is 510 g/mol. The van der Waals surface area contributed by atoms with E-state index in [0.717, 1.165) is 22.5 Å². The summed E-state index contributed by atoms with van der Waals surface area (Å²) in [5.41, 5.74) is 6.61. The third kappa shape index (κ3) is 3.18. The van der Waals surface area contributed by atoms with Crippen LogP contribution in [0, 0.1) is 0 Å². The van der Waals surface area contributed by atoms with Crippen molar-refractivity contribution in [1.29, 1.82) is 0 Å². The molecule has 0 atom stereocenters. The van der Waals surface area contributed by atoms with E-state index in [1.54, 1.807) is 0 Å². The van der Waals surface area contributed by atoms with Crippen molar-refractivity contribution < 1.29 is 0 Å². The zero-order valence-corrected chi connectivity index (χ0v) is 21.3. The van der Waals surface area contributed by atoms with E-state index in [1.807, 2.05) is 47.2 Å². The second-order valence-corrected chi connectivity index (χ2v) is 11.1. The molecule has 8 aromatic rings. The second-order valence-electron chi connectivity index (χ2n) is 9.09. The summed E-state index contributed by atoms with van der Waals surface area (Å²) in [5, 5.41) is 3.98. The van der Waals surface area contributed by atoms with E-state index < -0.39 is 0 Å². The van der Waals surface area contributed by atoms with Gasteiger partial charge in [-0.3, -0.25) is 4.98 Å². The molecule has 3 aromatic carbocycles. The van der Waals surface area contributed by atoms with E-state index in [1.165, 1.54) is 46.3 Å². The lowest BCUT2D eigenvalue weighted by molar-refractivity contribution is 1.19. The van der Waals surface area contributed by atoms with Gasteiger partial charge < -0.3 is 4.57 Å². The Labute approximate surface area is 220 Å². The Hall–Kier alpha value is -4.32. The maximum Gasteiger partial charge on any atom is 0.110 e. The van der Waals surface area contributed by atoms with Crippen molar-refractivity contribution in [3.63, 3.8) is 0 Å². The van der Waals surface area contributed by atoms with Crippen molar-refractivity contribution in [3.8, 4) is 28.2 Å². The summed E-state index contributed by atoms with van der Waals surface area (Å²) in [6, 6.07) is 36.5. The third-order valence-electron chi connectivity index (χ3n) is 6.93. The fourth-order valence-electron chi connectivity index (χ4n) is 5.24. The number of hydrogen-bond acceptors (Lipinski definition) is 4. The molecule has 0 unspecified atom stereocenters. The predicted octanol–water partition coefficient (Wildman–Crippen LogP) is 9.34. The molecule has 0 N–H and O–H groups in total. The van der Waals surface area contributed by atoms with Gasteiger partial charge in [-0.05, 0) is 54.6 Å². The van der Waals surface area contributed by atoms with Crippen LogP contribution in [0.3, 0.4) is 0 Å². The van der Waals surface area contributed by atoms with Crippen molar-refractivity contribution in [2.24, 2.45) is 0 Å². The number of para-hydroxylation sites is 2. The van der Waals surface area contributed by atoms with E-state index in [2.05, 4.69) is 101 Å². The summed E-state index contributed by atoms with van der Waals surface area (Å²) < 4.78 is 6.45. The highest BCUT2D eigenvalue weighted by Crippen LogP contribution is 2.49. The van der Waals surface area contributed by atoms with Gasteiger partial charge in [0.25, 0.3) is 0 Å². The summed E-state index contributed by atoms with van der Waals surface area (Å²) in [6.45, 7) is 0. The standard InChI is InChI=1S/C32H19N3S2/c1-2-7-22(8-3-1)35-27-12-5-4-9-23(27)29-31-30(37-32(29)35)24-19-21(13-14-28(24)36-31)26-11-6-10-25(34-26)20-15-17-33-18-16-20/h1-19H. The zero-order chi connectivity index (χ0) is 24.3.